The van der Waals surface area contributed by atoms with Crippen LogP contribution in [0.5, 0.6) is 0 Å². The summed E-state index contributed by atoms with van der Waals surface area (Å²) in [5.74, 6) is 5.72. The maximum Gasteiger partial charge on any atom is 0.237 e. The molecule has 74 valence electrons. The standard InChI is InChI=1S/C10H18N2O/c1-4-5-6-7-12-10(13)9(11)8(2)3/h8-9H,6-7,11H2,1-3H3,(H,12,13)/t9-/m0/s1. The molecule has 1 amide bonds. The van der Waals surface area contributed by atoms with Gasteiger partial charge in [0.15, 0.2) is 0 Å². The molecule has 1 atom stereocenters. The summed E-state index contributed by atoms with van der Waals surface area (Å²) >= 11 is 0. The van der Waals surface area contributed by atoms with Gasteiger partial charge in [-0.15, -0.1) is 11.8 Å². The molecule has 0 aliphatic carbocycles. The molecule has 0 aromatic rings. The summed E-state index contributed by atoms with van der Waals surface area (Å²) in [5, 5.41) is 2.73. The summed E-state index contributed by atoms with van der Waals surface area (Å²) in [5.41, 5.74) is 5.63. The minimum atomic E-state index is -0.408. The zero-order valence-corrected chi connectivity index (χ0v) is 8.55. The lowest BCUT2D eigenvalue weighted by molar-refractivity contribution is -0.123. The molecule has 0 aromatic carbocycles. The number of nitrogens with two attached hydrogens (primary N) is 1. The summed E-state index contributed by atoms with van der Waals surface area (Å²) in [7, 11) is 0. The lowest BCUT2D eigenvalue weighted by Gasteiger charge is -2.14. The van der Waals surface area contributed by atoms with Gasteiger partial charge in [0.1, 0.15) is 0 Å². The topological polar surface area (TPSA) is 55.1 Å². The zero-order chi connectivity index (χ0) is 10.3. The number of hydrogen-bond donors (Lipinski definition) is 2. The molecule has 0 unspecified atom stereocenters. The van der Waals surface area contributed by atoms with Crippen LogP contribution in [-0.2, 0) is 4.79 Å². The average molecular weight is 182 g/mol. The van der Waals surface area contributed by atoms with Crippen LogP contribution >= 0.6 is 0 Å². The van der Waals surface area contributed by atoms with E-state index < -0.39 is 6.04 Å². The van der Waals surface area contributed by atoms with E-state index in [-0.39, 0.29) is 11.8 Å². The predicted octanol–water partition coefficient (Wildman–Crippen LogP) is 0.499. The summed E-state index contributed by atoms with van der Waals surface area (Å²) in [6.45, 7) is 6.22. The van der Waals surface area contributed by atoms with E-state index in [9.17, 15) is 4.79 Å². The van der Waals surface area contributed by atoms with Gasteiger partial charge < -0.3 is 11.1 Å². The van der Waals surface area contributed by atoms with E-state index in [1.165, 1.54) is 0 Å². The fourth-order valence-electron chi connectivity index (χ4n) is 0.794. The van der Waals surface area contributed by atoms with Crippen LogP contribution in [-0.4, -0.2) is 18.5 Å². The van der Waals surface area contributed by atoms with Gasteiger partial charge in [0.05, 0.1) is 6.04 Å². The van der Waals surface area contributed by atoms with Crippen molar-refractivity contribution in [3.05, 3.63) is 0 Å². The van der Waals surface area contributed by atoms with Gasteiger partial charge in [-0.2, -0.15) is 0 Å². The van der Waals surface area contributed by atoms with Gasteiger partial charge >= 0.3 is 0 Å². The normalized spacial score (nSPS) is 11.8. The van der Waals surface area contributed by atoms with Crippen molar-refractivity contribution in [2.75, 3.05) is 6.54 Å². The van der Waals surface area contributed by atoms with Crippen molar-refractivity contribution < 1.29 is 4.79 Å². The van der Waals surface area contributed by atoms with Gasteiger partial charge in [-0.05, 0) is 12.8 Å². The molecule has 3 nitrogen and oxygen atoms in total. The van der Waals surface area contributed by atoms with Gasteiger partial charge in [-0.25, -0.2) is 0 Å². The number of carbonyl (C=O) groups is 1. The molecule has 0 saturated heterocycles. The lowest BCUT2D eigenvalue weighted by Crippen LogP contribution is -2.44. The largest absolute Gasteiger partial charge is 0.354 e. The first kappa shape index (κ1) is 12.0. The smallest absolute Gasteiger partial charge is 0.237 e. The average Bonchev–Trinajstić information content (AvgIpc) is 2.10. The highest BCUT2D eigenvalue weighted by Gasteiger charge is 2.15. The van der Waals surface area contributed by atoms with E-state index in [2.05, 4.69) is 17.2 Å². The number of amides is 1. The molecule has 0 radical (unpaired) electrons. The van der Waals surface area contributed by atoms with Gasteiger partial charge in [0.25, 0.3) is 0 Å². The third-order valence-corrected chi connectivity index (χ3v) is 1.75. The van der Waals surface area contributed by atoms with Crippen LogP contribution < -0.4 is 11.1 Å². The quantitative estimate of drug-likeness (QED) is 0.491. The van der Waals surface area contributed by atoms with Crippen LogP contribution in [0.25, 0.3) is 0 Å². The first-order valence-electron chi connectivity index (χ1n) is 4.52. The highest BCUT2D eigenvalue weighted by molar-refractivity contribution is 5.81. The molecule has 13 heavy (non-hydrogen) atoms. The second kappa shape index (κ2) is 6.50. The fourth-order valence-corrected chi connectivity index (χ4v) is 0.794. The number of rotatable bonds is 4. The van der Waals surface area contributed by atoms with Crippen molar-refractivity contribution in [2.45, 2.75) is 33.2 Å². The molecule has 0 aliphatic heterocycles. The van der Waals surface area contributed by atoms with Crippen LogP contribution in [0.3, 0.4) is 0 Å². The van der Waals surface area contributed by atoms with Crippen molar-refractivity contribution in [3.8, 4) is 11.8 Å². The molecule has 3 N–H and O–H groups in total. The van der Waals surface area contributed by atoms with E-state index in [1.807, 2.05) is 13.8 Å². The summed E-state index contributed by atoms with van der Waals surface area (Å²) in [6.07, 6.45) is 0.688. The third-order valence-electron chi connectivity index (χ3n) is 1.75. The monoisotopic (exact) mass is 182 g/mol. The molecule has 0 spiro atoms. The first-order valence-corrected chi connectivity index (χ1v) is 4.52. The lowest BCUT2D eigenvalue weighted by atomic mass is 10.1. The van der Waals surface area contributed by atoms with E-state index in [4.69, 9.17) is 5.73 Å². The zero-order valence-electron chi connectivity index (χ0n) is 8.55. The molecule has 0 aromatic heterocycles. The molecule has 0 heterocycles. The predicted molar refractivity (Wildman–Crippen MR) is 53.9 cm³/mol. The maximum absolute atomic E-state index is 11.3. The Morgan fingerprint density at radius 1 is 1.54 bits per heavy atom. The highest BCUT2D eigenvalue weighted by Crippen LogP contribution is 1.97. The summed E-state index contributed by atoms with van der Waals surface area (Å²) < 4.78 is 0. The Labute approximate surface area is 80.1 Å². The molecular weight excluding hydrogens is 164 g/mol. The Bertz CT molecular complexity index is 213. The van der Waals surface area contributed by atoms with Gasteiger partial charge in [0, 0.05) is 13.0 Å². The number of hydrogen-bond acceptors (Lipinski definition) is 2. The number of nitrogens with one attached hydrogen (secondary N) is 1. The van der Waals surface area contributed by atoms with Crippen molar-refractivity contribution in [1.29, 1.82) is 0 Å². The summed E-state index contributed by atoms with van der Waals surface area (Å²) in [6, 6.07) is -0.408. The minimum Gasteiger partial charge on any atom is -0.354 e. The van der Waals surface area contributed by atoms with Crippen molar-refractivity contribution >= 4 is 5.91 Å². The first-order chi connectivity index (χ1) is 6.09. The van der Waals surface area contributed by atoms with Crippen LogP contribution in [0.15, 0.2) is 0 Å². The second-order valence-corrected chi connectivity index (χ2v) is 3.24. The second-order valence-electron chi connectivity index (χ2n) is 3.24. The minimum absolute atomic E-state index is 0.0899. The number of carbonyl (C=O) groups excluding carboxylic acids is 1. The molecule has 0 rings (SSSR count). The molecule has 0 fully saturated rings. The maximum atomic E-state index is 11.3. The Morgan fingerprint density at radius 3 is 2.62 bits per heavy atom. The molecule has 0 aliphatic rings. The Morgan fingerprint density at radius 2 is 2.15 bits per heavy atom. The van der Waals surface area contributed by atoms with Crippen molar-refractivity contribution in [3.63, 3.8) is 0 Å². The van der Waals surface area contributed by atoms with E-state index in [1.54, 1.807) is 6.92 Å². The SMILES string of the molecule is CC#CCCNC(=O)[C@@H](N)C(C)C. The van der Waals surface area contributed by atoms with Crippen LogP contribution in [0.4, 0.5) is 0 Å². The fraction of sp³-hybridized carbons (Fsp3) is 0.700. The Balaban J connectivity index is 3.66. The Kier molecular flexibility index (Phi) is 5.99. The van der Waals surface area contributed by atoms with Gasteiger partial charge in [-0.1, -0.05) is 13.8 Å². The van der Waals surface area contributed by atoms with E-state index >= 15 is 0 Å². The molecule has 3 heteroatoms. The van der Waals surface area contributed by atoms with Crippen molar-refractivity contribution in [2.24, 2.45) is 11.7 Å². The van der Waals surface area contributed by atoms with E-state index in [0.717, 1.165) is 0 Å². The molecule has 0 saturated carbocycles. The molecular formula is C10H18N2O. The highest BCUT2D eigenvalue weighted by atomic mass is 16.2. The Hall–Kier alpha value is -1.01. The van der Waals surface area contributed by atoms with Crippen LogP contribution in [0.1, 0.15) is 27.2 Å². The van der Waals surface area contributed by atoms with Gasteiger partial charge in [-0.3, -0.25) is 4.79 Å². The van der Waals surface area contributed by atoms with E-state index in [0.29, 0.717) is 13.0 Å². The summed E-state index contributed by atoms with van der Waals surface area (Å²) in [4.78, 5) is 11.3. The van der Waals surface area contributed by atoms with Crippen molar-refractivity contribution in [1.82, 2.24) is 5.32 Å². The molecule has 0 bridgehead atoms. The third kappa shape index (κ3) is 5.26. The van der Waals surface area contributed by atoms with Crippen LogP contribution in [0, 0.1) is 17.8 Å². The van der Waals surface area contributed by atoms with Gasteiger partial charge in [0.2, 0.25) is 5.91 Å². The van der Waals surface area contributed by atoms with Crippen LogP contribution in [0.2, 0.25) is 0 Å².